The van der Waals surface area contributed by atoms with Crippen molar-refractivity contribution < 1.29 is 19.1 Å². The van der Waals surface area contributed by atoms with Gasteiger partial charge in [-0.3, -0.25) is 9.59 Å². The van der Waals surface area contributed by atoms with Crippen molar-refractivity contribution in [3.8, 4) is 0 Å². The van der Waals surface area contributed by atoms with Crippen molar-refractivity contribution in [3.05, 3.63) is 59.1 Å². The van der Waals surface area contributed by atoms with Crippen LogP contribution in [0.4, 0.5) is 16.2 Å². The van der Waals surface area contributed by atoms with E-state index in [1.165, 1.54) is 0 Å². The lowest BCUT2D eigenvalue weighted by Crippen LogP contribution is -2.34. The standard InChI is InChI=1S/C23H28ClN3O4/c1-23(2,3)31-22(30)25-15-14-21(29)27-19-11-7-6-10-18(19)26-20(28)13-12-16-8-4-5-9-17(16)24/h4-11H,12-15H2,1-3H3,(H,25,30)(H,26,28)(H,27,29). The van der Waals surface area contributed by atoms with Gasteiger partial charge < -0.3 is 20.7 Å². The molecule has 0 aliphatic heterocycles. The van der Waals surface area contributed by atoms with E-state index in [2.05, 4.69) is 16.0 Å². The number of benzene rings is 2. The molecule has 0 saturated heterocycles. The molecule has 0 atom stereocenters. The van der Waals surface area contributed by atoms with Crippen molar-refractivity contribution >= 4 is 40.9 Å². The summed E-state index contributed by atoms with van der Waals surface area (Å²) in [6.07, 6.45) is 0.252. The van der Waals surface area contributed by atoms with E-state index in [-0.39, 0.29) is 31.2 Å². The van der Waals surface area contributed by atoms with E-state index in [9.17, 15) is 14.4 Å². The summed E-state index contributed by atoms with van der Waals surface area (Å²) in [5, 5.41) is 8.74. The Morgan fingerprint density at radius 3 is 2.00 bits per heavy atom. The van der Waals surface area contributed by atoms with E-state index in [0.29, 0.717) is 22.8 Å². The maximum Gasteiger partial charge on any atom is 0.407 e. The molecule has 0 aromatic heterocycles. The van der Waals surface area contributed by atoms with Crippen LogP contribution in [0, 0.1) is 0 Å². The van der Waals surface area contributed by atoms with Gasteiger partial charge in [-0.25, -0.2) is 4.79 Å². The summed E-state index contributed by atoms with van der Waals surface area (Å²) in [5.41, 5.74) is 1.28. The zero-order valence-corrected chi connectivity index (χ0v) is 18.7. The summed E-state index contributed by atoms with van der Waals surface area (Å²) in [7, 11) is 0. The Labute approximate surface area is 187 Å². The fraction of sp³-hybridized carbons (Fsp3) is 0.348. The van der Waals surface area contributed by atoms with Crippen LogP contribution in [0.25, 0.3) is 0 Å². The third kappa shape index (κ3) is 9.09. The first-order valence-corrected chi connectivity index (χ1v) is 10.4. The van der Waals surface area contributed by atoms with Crippen LogP contribution in [0.5, 0.6) is 0 Å². The molecule has 0 aliphatic rings. The van der Waals surface area contributed by atoms with Crippen LogP contribution in [0.3, 0.4) is 0 Å². The molecule has 0 aliphatic carbocycles. The quantitative estimate of drug-likeness (QED) is 0.545. The van der Waals surface area contributed by atoms with Crippen LogP contribution in [0.2, 0.25) is 5.02 Å². The molecule has 0 saturated carbocycles. The van der Waals surface area contributed by atoms with Gasteiger partial charge in [-0.1, -0.05) is 41.9 Å². The van der Waals surface area contributed by atoms with Gasteiger partial charge in [-0.05, 0) is 51.0 Å². The largest absolute Gasteiger partial charge is 0.444 e. The highest BCUT2D eigenvalue weighted by Gasteiger charge is 2.16. The first-order valence-electron chi connectivity index (χ1n) is 10.0. The van der Waals surface area contributed by atoms with Gasteiger partial charge in [0.25, 0.3) is 0 Å². The Balaban J connectivity index is 1.84. The average molecular weight is 446 g/mol. The predicted octanol–water partition coefficient (Wildman–Crippen LogP) is 4.76. The van der Waals surface area contributed by atoms with Gasteiger partial charge in [-0.2, -0.15) is 0 Å². The average Bonchev–Trinajstić information content (AvgIpc) is 2.67. The van der Waals surface area contributed by atoms with Gasteiger partial charge in [0, 0.05) is 24.4 Å². The molecule has 0 unspecified atom stereocenters. The summed E-state index contributed by atoms with van der Waals surface area (Å²) in [5.74, 6) is -0.484. The number of para-hydroxylation sites is 2. The first kappa shape index (κ1) is 24.2. The van der Waals surface area contributed by atoms with Crippen LogP contribution in [-0.4, -0.2) is 30.1 Å². The Morgan fingerprint density at radius 2 is 1.42 bits per heavy atom. The van der Waals surface area contributed by atoms with E-state index >= 15 is 0 Å². The minimum Gasteiger partial charge on any atom is -0.444 e. The van der Waals surface area contributed by atoms with Crippen molar-refractivity contribution in [2.24, 2.45) is 0 Å². The highest BCUT2D eigenvalue weighted by Crippen LogP contribution is 2.22. The maximum atomic E-state index is 12.4. The van der Waals surface area contributed by atoms with Crippen LogP contribution >= 0.6 is 11.6 Å². The van der Waals surface area contributed by atoms with E-state index in [0.717, 1.165) is 5.56 Å². The molecule has 0 bridgehead atoms. The molecule has 2 rings (SSSR count). The SMILES string of the molecule is CC(C)(C)OC(=O)NCCC(=O)Nc1ccccc1NC(=O)CCc1ccccc1Cl. The van der Waals surface area contributed by atoms with Crippen LogP contribution < -0.4 is 16.0 Å². The second kappa shape index (κ2) is 11.4. The number of rotatable bonds is 8. The summed E-state index contributed by atoms with van der Waals surface area (Å²) >= 11 is 6.13. The van der Waals surface area contributed by atoms with Crippen molar-refractivity contribution in [1.82, 2.24) is 5.32 Å². The monoisotopic (exact) mass is 445 g/mol. The lowest BCUT2D eigenvalue weighted by atomic mass is 10.1. The molecular weight excluding hydrogens is 418 g/mol. The number of halogens is 1. The maximum absolute atomic E-state index is 12.4. The molecule has 2 aromatic carbocycles. The molecule has 2 aromatic rings. The first-order chi connectivity index (χ1) is 14.6. The van der Waals surface area contributed by atoms with Crippen molar-refractivity contribution in [3.63, 3.8) is 0 Å². The normalized spacial score (nSPS) is 10.8. The molecule has 8 heteroatoms. The second-order valence-electron chi connectivity index (χ2n) is 7.91. The van der Waals surface area contributed by atoms with Gasteiger partial charge in [0.1, 0.15) is 5.60 Å². The molecule has 7 nitrogen and oxygen atoms in total. The number of nitrogens with one attached hydrogen (secondary N) is 3. The molecule has 166 valence electrons. The lowest BCUT2D eigenvalue weighted by molar-refractivity contribution is -0.117. The van der Waals surface area contributed by atoms with Gasteiger partial charge in [0.2, 0.25) is 11.8 Å². The molecular formula is C23H28ClN3O4. The minimum atomic E-state index is -0.602. The fourth-order valence-electron chi connectivity index (χ4n) is 2.67. The number of alkyl carbamates (subject to hydrolysis) is 1. The smallest absolute Gasteiger partial charge is 0.407 e. The minimum absolute atomic E-state index is 0.0635. The van der Waals surface area contributed by atoms with Crippen LogP contribution in [0.1, 0.15) is 39.2 Å². The lowest BCUT2D eigenvalue weighted by Gasteiger charge is -2.19. The summed E-state index contributed by atoms with van der Waals surface area (Å²) in [4.78, 5) is 36.2. The zero-order chi connectivity index (χ0) is 22.9. The Hall–Kier alpha value is -3.06. The van der Waals surface area contributed by atoms with Crippen molar-refractivity contribution in [2.45, 2.75) is 45.6 Å². The molecule has 0 fully saturated rings. The fourth-order valence-corrected chi connectivity index (χ4v) is 2.90. The Bertz CT molecular complexity index is 925. The van der Waals surface area contributed by atoms with Gasteiger partial charge >= 0.3 is 6.09 Å². The number of anilines is 2. The summed E-state index contributed by atoms with van der Waals surface area (Å²) in [6, 6.07) is 14.3. The molecule has 0 heterocycles. The highest BCUT2D eigenvalue weighted by atomic mass is 35.5. The highest BCUT2D eigenvalue weighted by molar-refractivity contribution is 6.31. The van der Waals surface area contributed by atoms with E-state index in [1.54, 1.807) is 51.1 Å². The van der Waals surface area contributed by atoms with E-state index < -0.39 is 11.7 Å². The predicted molar refractivity (Wildman–Crippen MR) is 122 cm³/mol. The topological polar surface area (TPSA) is 96.5 Å². The third-order valence-electron chi connectivity index (χ3n) is 4.07. The molecule has 0 spiro atoms. The number of aryl methyl sites for hydroxylation is 1. The number of carbonyl (C=O) groups is 3. The number of carbonyl (C=O) groups excluding carboxylic acids is 3. The van der Waals surface area contributed by atoms with Gasteiger partial charge in [0.15, 0.2) is 0 Å². The molecule has 0 radical (unpaired) electrons. The van der Waals surface area contributed by atoms with Gasteiger partial charge in [-0.15, -0.1) is 0 Å². The van der Waals surface area contributed by atoms with Crippen LogP contribution in [0.15, 0.2) is 48.5 Å². The Morgan fingerprint density at radius 1 is 0.871 bits per heavy atom. The second-order valence-corrected chi connectivity index (χ2v) is 8.32. The summed E-state index contributed by atoms with van der Waals surface area (Å²) in [6.45, 7) is 5.42. The van der Waals surface area contributed by atoms with E-state index in [1.807, 2.05) is 18.2 Å². The van der Waals surface area contributed by atoms with Crippen LogP contribution in [-0.2, 0) is 20.7 Å². The number of hydrogen-bond acceptors (Lipinski definition) is 4. The Kier molecular flexibility index (Phi) is 8.88. The zero-order valence-electron chi connectivity index (χ0n) is 18.0. The van der Waals surface area contributed by atoms with Crippen molar-refractivity contribution in [1.29, 1.82) is 0 Å². The van der Waals surface area contributed by atoms with E-state index in [4.69, 9.17) is 16.3 Å². The molecule has 31 heavy (non-hydrogen) atoms. The summed E-state index contributed by atoms with van der Waals surface area (Å²) < 4.78 is 5.13. The van der Waals surface area contributed by atoms with Gasteiger partial charge in [0.05, 0.1) is 11.4 Å². The number of hydrogen-bond donors (Lipinski definition) is 3. The molecule has 3 N–H and O–H groups in total. The molecule has 3 amide bonds. The van der Waals surface area contributed by atoms with Crippen molar-refractivity contribution in [2.75, 3.05) is 17.2 Å². The number of amides is 3. The number of ether oxygens (including phenoxy) is 1. The third-order valence-corrected chi connectivity index (χ3v) is 4.44.